The van der Waals surface area contributed by atoms with Gasteiger partial charge in [0.2, 0.25) is 0 Å². The summed E-state index contributed by atoms with van der Waals surface area (Å²) in [5, 5.41) is -0.720. The summed E-state index contributed by atoms with van der Waals surface area (Å²) >= 11 is 9.37. The number of hydrogen-bond donors (Lipinski definition) is 0. The number of benzene rings is 1. The van der Waals surface area contributed by atoms with Gasteiger partial charge in [0.05, 0.1) is 12.0 Å². The molecule has 1 heterocycles. The van der Waals surface area contributed by atoms with Crippen LogP contribution in [0.4, 0.5) is 13.2 Å². The summed E-state index contributed by atoms with van der Waals surface area (Å²) in [7, 11) is 0. The van der Waals surface area contributed by atoms with Gasteiger partial charge in [-0.05, 0) is 17.7 Å². The number of hydrogen-bond acceptors (Lipinski definition) is 3. The fourth-order valence-electron chi connectivity index (χ4n) is 1.69. The second-order valence-electron chi connectivity index (χ2n) is 4.12. The molecule has 1 atom stereocenters. The standard InChI is InChI=1S/C12H11BrClF3O3/c13-8-4-11-10(19-1-2-20-11)3-7(8)9(14)5-18-6-12(15,16)17/h3-4,9H,1-2,5-6H2. The van der Waals surface area contributed by atoms with Crippen molar-refractivity contribution in [3.05, 3.63) is 22.2 Å². The van der Waals surface area contributed by atoms with Gasteiger partial charge in [-0.2, -0.15) is 13.2 Å². The van der Waals surface area contributed by atoms with Crippen LogP contribution in [-0.2, 0) is 4.74 Å². The van der Waals surface area contributed by atoms with Crippen LogP contribution in [0.1, 0.15) is 10.9 Å². The highest BCUT2D eigenvalue weighted by Crippen LogP contribution is 2.39. The van der Waals surface area contributed by atoms with Gasteiger partial charge in [0.25, 0.3) is 0 Å². The van der Waals surface area contributed by atoms with E-state index >= 15 is 0 Å². The topological polar surface area (TPSA) is 27.7 Å². The Bertz CT molecular complexity index is 482. The summed E-state index contributed by atoms with van der Waals surface area (Å²) in [6.07, 6.45) is -4.36. The zero-order valence-electron chi connectivity index (χ0n) is 10.2. The van der Waals surface area contributed by atoms with Crippen LogP contribution >= 0.6 is 27.5 Å². The van der Waals surface area contributed by atoms with E-state index in [-0.39, 0.29) is 6.61 Å². The van der Waals surface area contributed by atoms with Gasteiger partial charge in [-0.1, -0.05) is 15.9 Å². The quantitative estimate of drug-likeness (QED) is 0.742. The predicted octanol–water partition coefficient (Wildman–Crippen LogP) is 4.08. The minimum Gasteiger partial charge on any atom is -0.486 e. The Hall–Kier alpha value is -0.660. The van der Waals surface area contributed by atoms with Gasteiger partial charge in [0, 0.05) is 4.47 Å². The number of ether oxygens (including phenoxy) is 3. The minimum absolute atomic E-state index is 0.251. The summed E-state index contributed by atoms with van der Waals surface area (Å²) in [4.78, 5) is 0. The molecule has 1 aliphatic heterocycles. The number of rotatable bonds is 4. The van der Waals surface area contributed by atoms with Crippen molar-refractivity contribution in [2.75, 3.05) is 26.4 Å². The molecule has 1 unspecified atom stereocenters. The van der Waals surface area contributed by atoms with E-state index in [2.05, 4.69) is 20.7 Å². The molecular formula is C12H11BrClF3O3. The summed E-state index contributed by atoms with van der Waals surface area (Å²) in [5.41, 5.74) is 0.595. The van der Waals surface area contributed by atoms with Crippen molar-refractivity contribution in [3.8, 4) is 11.5 Å². The third-order valence-corrected chi connectivity index (χ3v) is 3.58. The van der Waals surface area contributed by atoms with Crippen molar-refractivity contribution in [2.45, 2.75) is 11.6 Å². The molecule has 0 saturated carbocycles. The van der Waals surface area contributed by atoms with Crippen LogP contribution in [0.15, 0.2) is 16.6 Å². The Kier molecular flexibility index (Phi) is 5.04. The summed E-state index contributed by atoms with van der Waals surface area (Å²) in [5.74, 6) is 1.10. The molecular weight excluding hydrogens is 364 g/mol. The van der Waals surface area contributed by atoms with E-state index in [1.807, 2.05) is 0 Å². The summed E-state index contributed by atoms with van der Waals surface area (Å²) in [6.45, 7) is -0.693. The van der Waals surface area contributed by atoms with Crippen molar-refractivity contribution in [1.29, 1.82) is 0 Å². The molecule has 0 bridgehead atoms. The Balaban J connectivity index is 2.04. The van der Waals surface area contributed by atoms with Crippen LogP contribution < -0.4 is 9.47 Å². The third kappa shape index (κ3) is 4.17. The van der Waals surface area contributed by atoms with E-state index in [1.54, 1.807) is 12.1 Å². The van der Waals surface area contributed by atoms with Crippen LogP contribution in [-0.4, -0.2) is 32.6 Å². The number of alkyl halides is 4. The molecule has 112 valence electrons. The number of halogens is 5. The zero-order valence-corrected chi connectivity index (χ0v) is 12.5. The fourth-order valence-corrected chi connectivity index (χ4v) is 2.69. The lowest BCUT2D eigenvalue weighted by molar-refractivity contribution is -0.173. The normalized spacial score (nSPS) is 16.1. The first kappa shape index (κ1) is 15.7. The van der Waals surface area contributed by atoms with Gasteiger partial charge in [-0.25, -0.2) is 0 Å². The maximum atomic E-state index is 12.0. The molecule has 0 N–H and O–H groups in total. The van der Waals surface area contributed by atoms with E-state index in [1.165, 1.54) is 0 Å². The highest BCUT2D eigenvalue weighted by molar-refractivity contribution is 9.10. The smallest absolute Gasteiger partial charge is 0.411 e. The van der Waals surface area contributed by atoms with Crippen LogP contribution in [0.2, 0.25) is 0 Å². The van der Waals surface area contributed by atoms with E-state index < -0.39 is 18.2 Å². The molecule has 1 aromatic rings. The van der Waals surface area contributed by atoms with Gasteiger partial charge in [-0.15, -0.1) is 11.6 Å². The lowest BCUT2D eigenvalue weighted by Crippen LogP contribution is -2.19. The fraction of sp³-hybridized carbons (Fsp3) is 0.500. The monoisotopic (exact) mass is 374 g/mol. The maximum absolute atomic E-state index is 12.0. The lowest BCUT2D eigenvalue weighted by Gasteiger charge is -2.21. The highest BCUT2D eigenvalue weighted by Gasteiger charge is 2.28. The van der Waals surface area contributed by atoms with Crippen LogP contribution in [0.5, 0.6) is 11.5 Å². The molecule has 0 aliphatic carbocycles. The van der Waals surface area contributed by atoms with Crippen LogP contribution in [0.25, 0.3) is 0 Å². The van der Waals surface area contributed by atoms with E-state index in [4.69, 9.17) is 21.1 Å². The van der Waals surface area contributed by atoms with Gasteiger partial charge in [-0.3, -0.25) is 0 Å². The lowest BCUT2D eigenvalue weighted by atomic mass is 10.1. The van der Waals surface area contributed by atoms with Gasteiger partial charge in [0.1, 0.15) is 19.8 Å². The SMILES string of the molecule is FC(F)(F)COCC(Cl)c1cc2c(cc1Br)OCCO2. The third-order valence-electron chi connectivity index (χ3n) is 2.53. The van der Waals surface area contributed by atoms with Crippen molar-refractivity contribution >= 4 is 27.5 Å². The first-order valence-electron chi connectivity index (χ1n) is 5.74. The Morgan fingerprint density at radius 2 is 1.85 bits per heavy atom. The van der Waals surface area contributed by atoms with Crippen molar-refractivity contribution < 1.29 is 27.4 Å². The van der Waals surface area contributed by atoms with E-state index in [9.17, 15) is 13.2 Å². The maximum Gasteiger partial charge on any atom is 0.411 e. The first-order chi connectivity index (χ1) is 9.37. The minimum atomic E-state index is -4.36. The largest absolute Gasteiger partial charge is 0.486 e. The van der Waals surface area contributed by atoms with Crippen molar-refractivity contribution in [3.63, 3.8) is 0 Å². The van der Waals surface area contributed by atoms with Crippen LogP contribution in [0.3, 0.4) is 0 Å². The van der Waals surface area contributed by atoms with E-state index in [0.717, 1.165) is 0 Å². The Morgan fingerprint density at radius 3 is 2.45 bits per heavy atom. The van der Waals surface area contributed by atoms with Gasteiger partial charge >= 0.3 is 6.18 Å². The summed E-state index contributed by atoms with van der Waals surface area (Å²) in [6, 6.07) is 3.33. The predicted molar refractivity (Wildman–Crippen MR) is 70.6 cm³/mol. The van der Waals surface area contributed by atoms with E-state index in [0.29, 0.717) is 34.7 Å². The molecule has 0 fully saturated rings. The molecule has 8 heteroatoms. The first-order valence-corrected chi connectivity index (χ1v) is 6.97. The Labute approximate surface area is 127 Å². The molecule has 20 heavy (non-hydrogen) atoms. The molecule has 2 rings (SSSR count). The second-order valence-corrected chi connectivity index (χ2v) is 5.50. The molecule has 0 amide bonds. The van der Waals surface area contributed by atoms with Crippen LogP contribution in [0, 0.1) is 0 Å². The number of fused-ring (bicyclic) bond motifs is 1. The molecule has 0 spiro atoms. The highest BCUT2D eigenvalue weighted by atomic mass is 79.9. The molecule has 1 aromatic carbocycles. The summed E-state index contributed by atoms with van der Waals surface area (Å²) < 4.78 is 52.0. The second kappa shape index (κ2) is 6.41. The molecule has 0 saturated heterocycles. The molecule has 1 aliphatic rings. The molecule has 0 aromatic heterocycles. The zero-order chi connectivity index (χ0) is 14.8. The average Bonchev–Trinajstić information content (AvgIpc) is 2.36. The Morgan fingerprint density at radius 1 is 1.25 bits per heavy atom. The van der Waals surface area contributed by atoms with Gasteiger partial charge in [0.15, 0.2) is 11.5 Å². The van der Waals surface area contributed by atoms with Gasteiger partial charge < -0.3 is 14.2 Å². The molecule has 3 nitrogen and oxygen atoms in total. The average molecular weight is 376 g/mol. The van der Waals surface area contributed by atoms with Crippen molar-refractivity contribution in [1.82, 2.24) is 0 Å². The van der Waals surface area contributed by atoms with Crippen molar-refractivity contribution in [2.24, 2.45) is 0 Å². The molecule has 0 radical (unpaired) electrons.